The van der Waals surface area contributed by atoms with E-state index in [0.717, 1.165) is 11.8 Å². The van der Waals surface area contributed by atoms with Crippen LogP contribution < -0.4 is 5.32 Å². The van der Waals surface area contributed by atoms with Gasteiger partial charge < -0.3 is 10.4 Å². The van der Waals surface area contributed by atoms with Gasteiger partial charge in [0, 0.05) is 5.56 Å². The summed E-state index contributed by atoms with van der Waals surface area (Å²) in [6, 6.07) is 6.78. The van der Waals surface area contributed by atoms with Gasteiger partial charge in [0.05, 0.1) is 4.91 Å². The van der Waals surface area contributed by atoms with Crippen molar-refractivity contribution >= 4 is 28.9 Å². The Bertz CT molecular complexity index is 468. The standard InChI is InChI=1S/C10H8N2O2S/c11-9-8(15-10(14)12-9)5-6-3-1-2-4-7(6)13/h1-5,13H,(H2,11,12,14)/b8-5-. The first-order valence-corrected chi connectivity index (χ1v) is 5.06. The van der Waals surface area contributed by atoms with Gasteiger partial charge in [-0.1, -0.05) is 18.2 Å². The Kier molecular flexibility index (Phi) is 2.47. The zero-order valence-electron chi connectivity index (χ0n) is 7.65. The summed E-state index contributed by atoms with van der Waals surface area (Å²) in [6.45, 7) is 0. The molecular formula is C10H8N2O2S. The maximum absolute atomic E-state index is 10.9. The van der Waals surface area contributed by atoms with Crippen molar-refractivity contribution in [2.75, 3.05) is 0 Å². The number of amides is 1. The van der Waals surface area contributed by atoms with Crippen LogP contribution in [0.3, 0.4) is 0 Å². The molecule has 0 bridgehead atoms. The fourth-order valence-corrected chi connectivity index (χ4v) is 1.88. The molecule has 1 heterocycles. The Balaban J connectivity index is 2.35. The minimum atomic E-state index is -0.262. The largest absolute Gasteiger partial charge is 0.507 e. The van der Waals surface area contributed by atoms with E-state index in [1.54, 1.807) is 30.3 Å². The summed E-state index contributed by atoms with van der Waals surface area (Å²) in [5.41, 5.74) is 0.598. The number of rotatable bonds is 1. The van der Waals surface area contributed by atoms with Crippen LogP contribution in [0.2, 0.25) is 0 Å². The number of nitrogens with one attached hydrogen (secondary N) is 2. The van der Waals surface area contributed by atoms with Gasteiger partial charge in [0.15, 0.2) is 0 Å². The first kappa shape index (κ1) is 9.79. The first-order chi connectivity index (χ1) is 7.16. The molecule has 1 saturated heterocycles. The van der Waals surface area contributed by atoms with Crippen molar-refractivity contribution in [3.8, 4) is 5.75 Å². The second kappa shape index (κ2) is 3.78. The lowest BCUT2D eigenvalue weighted by molar-refractivity contribution is 0.265. The summed E-state index contributed by atoms with van der Waals surface area (Å²) >= 11 is 0.953. The smallest absolute Gasteiger partial charge is 0.289 e. The van der Waals surface area contributed by atoms with Crippen molar-refractivity contribution in [3.63, 3.8) is 0 Å². The molecule has 4 nitrogen and oxygen atoms in total. The monoisotopic (exact) mass is 220 g/mol. The predicted octanol–water partition coefficient (Wildman–Crippen LogP) is 2.17. The molecular weight excluding hydrogens is 212 g/mol. The quantitative estimate of drug-likeness (QED) is 0.679. The van der Waals surface area contributed by atoms with E-state index in [2.05, 4.69) is 5.32 Å². The zero-order valence-corrected chi connectivity index (χ0v) is 8.47. The minimum absolute atomic E-state index is 0.0771. The fraction of sp³-hybridized carbons (Fsp3) is 0. The number of para-hydroxylation sites is 1. The molecule has 3 N–H and O–H groups in total. The van der Waals surface area contributed by atoms with E-state index in [-0.39, 0.29) is 16.8 Å². The van der Waals surface area contributed by atoms with E-state index in [1.807, 2.05) is 0 Å². The van der Waals surface area contributed by atoms with Gasteiger partial charge in [-0.3, -0.25) is 10.2 Å². The first-order valence-electron chi connectivity index (χ1n) is 4.24. The van der Waals surface area contributed by atoms with Crippen LogP contribution in [0, 0.1) is 5.41 Å². The van der Waals surface area contributed by atoms with Crippen LogP contribution in [0.1, 0.15) is 5.56 Å². The molecule has 0 spiro atoms. The second-order valence-corrected chi connectivity index (χ2v) is 3.97. The molecule has 0 atom stereocenters. The highest BCUT2D eigenvalue weighted by molar-refractivity contribution is 8.18. The van der Waals surface area contributed by atoms with Crippen molar-refractivity contribution in [1.82, 2.24) is 5.32 Å². The molecule has 0 aliphatic carbocycles. The summed E-state index contributed by atoms with van der Waals surface area (Å²) < 4.78 is 0. The lowest BCUT2D eigenvalue weighted by Crippen LogP contribution is -2.17. The van der Waals surface area contributed by atoms with Gasteiger partial charge in [-0.25, -0.2) is 0 Å². The molecule has 5 heteroatoms. The molecule has 1 fully saturated rings. The lowest BCUT2D eigenvalue weighted by Gasteiger charge is -1.98. The highest BCUT2D eigenvalue weighted by atomic mass is 32.2. The Morgan fingerprint density at radius 1 is 1.40 bits per heavy atom. The number of carbonyl (C=O) groups excluding carboxylic acids is 1. The van der Waals surface area contributed by atoms with E-state index in [9.17, 15) is 9.90 Å². The molecule has 1 aromatic rings. The van der Waals surface area contributed by atoms with Gasteiger partial charge >= 0.3 is 0 Å². The van der Waals surface area contributed by atoms with Gasteiger partial charge in [0.2, 0.25) is 0 Å². The SMILES string of the molecule is N=C1NC(=O)S/C1=C\c1ccccc1O. The molecule has 2 rings (SSSR count). The topological polar surface area (TPSA) is 73.2 Å². The third-order valence-electron chi connectivity index (χ3n) is 1.90. The highest BCUT2D eigenvalue weighted by Crippen LogP contribution is 2.28. The second-order valence-electron chi connectivity index (χ2n) is 2.96. The molecule has 76 valence electrons. The van der Waals surface area contributed by atoms with E-state index < -0.39 is 0 Å². The number of carbonyl (C=O) groups is 1. The average molecular weight is 220 g/mol. The number of amidine groups is 1. The zero-order chi connectivity index (χ0) is 10.8. The van der Waals surface area contributed by atoms with Crippen LogP contribution in [0.4, 0.5) is 4.79 Å². The van der Waals surface area contributed by atoms with Crippen LogP contribution in [0.15, 0.2) is 29.2 Å². The maximum Gasteiger partial charge on any atom is 0.289 e. The molecule has 15 heavy (non-hydrogen) atoms. The summed E-state index contributed by atoms with van der Waals surface area (Å²) in [6.07, 6.45) is 1.61. The molecule has 0 unspecified atom stereocenters. The van der Waals surface area contributed by atoms with Crippen molar-refractivity contribution < 1.29 is 9.90 Å². The van der Waals surface area contributed by atoms with Gasteiger partial charge in [-0.2, -0.15) is 0 Å². The van der Waals surface area contributed by atoms with Gasteiger partial charge in [-0.15, -0.1) is 0 Å². The van der Waals surface area contributed by atoms with Crippen molar-refractivity contribution in [2.45, 2.75) is 0 Å². The maximum atomic E-state index is 10.9. The molecule has 0 saturated carbocycles. The number of aromatic hydroxyl groups is 1. The van der Waals surface area contributed by atoms with Crippen molar-refractivity contribution in [3.05, 3.63) is 34.7 Å². The number of benzene rings is 1. The van der Waals surface area contributed by atoms with Gasteiger partial charge in [-0.05, 0) is 23.9 Å². The fourth-order valence-electron chi connectivity index (χ4n) is 1.19. The summed E-state index contributed by atoms with van der Waals surface area (Å²) in [5.74, 6) is 0.214. The van der Waals surface area contributed by atoms with Crippen molar-refractivity contribution in [2.24, 2.45) is 0 Å². The summed E-state index contributed by atoms with van der Waals surface area (Å²) in [4.78, 5) is 11.5. The third kappa shape index (κ3) is 2.02. The van der Waals surface area contributed by atoms with Crippen LogP contribution in [0.5, 0.6) is 5.75 Å². The number of hydrogen-bond donors (Lipinski definition) is 3. The van der Waals surface area contributed by atoms with Gasteiger partial charge in [0.25, 0.3) is 5.24 Å². The van der Waals surface area contributed by atoms with E-state index in [1.165, 1.54) is 0 Å². The van der Waals surface area contributed by atoms with E-state index in [0.29, 0.717) is 10.5 Å². The van der Waals surface area contributed by atoms with E-state index >= 15 is 0 Å². The molecule has 1 aromatic carbocycles. The number of phenolic OH excluding ortho intramolecular Hbond substituents is 1. The Morgan fingerprint density at radius 3 is 2.73 bits per heavy atom. The number of hydrogen-bond acceptors (Lipinski definition) is 4. The van der Waals surface area contributed by atoms with E-state index in [4.69, 9.17) is 5.41 Å². The molecule has 0 radical (unpaired) electrons. The Labute approximate surface area is 90.5 Å². The highest BCUT2D eigenvalue weighted by Gasteiger charge is 2.21. The Morgan fingerprint density at radius 2 is 2.13 bits per heavy atom. The summed E-state index contributed by atoms with van der Waals surface area (Å²) in [7, 11) is 0. The minimum Gasteiger partial charge on any atom is -0.507 e. The Hall–Kier alpha value is -1.75. The molecule has 1 aliphatic heterocycles. The van der Waals surface area contributed by atoms with Crippen LogP contribution in [-0.4, -0.2) is 16.2 Å². The van der Waals surface area contributed by atoms with Crippen LogP contribution >= 0.6 is 11.8 Å². The number of thioether (sulfide) groups is 1. The molecule has 1 amide bonds. The third-order valence-corrected chi connectivity index (χ3v) is 2.73. The molecule has 1 aliphatic rings. The normalized spacial score (nSPS) is 18.3. The number of phenols is 1. The van der Waals surface area contributed by atoms with Crippen LogP contribution in [0.25, 0.3) is 6.08 Å². The molecule has 0 aromatic heterocycles. The van der Waals surface area contributed by atoms with Crippen LogP contribution in [-0.2, 0) is 0 Å². The lowest BCUT2D eigenvalue weighted by atomic mass is 10.2. The van der Waals surface area contributed by atoms with Crippen molar-refractivity contribution in [1.29, 1.82) is 5.41 Å². The average Bonchev–Trinajstić information content (AvgIpc) is 2.49. The van der Waals surface area contributed by atoms with Gasteiger partial charge in [0.1, 0.15) is 11.6 Å². The predicted molar refractivity (Wildman–Crippen MR) is 59.9 cm³/mol. The summed E-state index contributed by atoms with van der Waals surface area (Å²) in [5, 5.41) is 19.0.